The van der Waals surface area contributed by atoms with Gasteiger partial charge >= 0.3 is 0 Å². The van der Waals surface area contributed by atoms with Crippen LogP contribution in [0.5, 0.6) is 0 Å². The summed E-state index contributed by atoms with van der Waals surface area (Å²) < 4.78 is 0. The molecule has 0 radical (unpaired) electrons. The van der Waals surface area contributed by atoms with Crippen LogP contribution >= 0.6 is 0 Å². The summed E-state index contributed by atoms with van der Waals surface area (Å²) in [6.45, 7) is 0. The van der Waals surface area contributed by atoms with Gasteiger partial charge in [-0.25, -0.2) is 0 Å². The maximum absolute atomic E-state index is 2.52. The zero-order valence-electron chi connectivity index (χ0n) is 30.6. The molecular weight excluding hydrogens is 651 g/mol. The van der Waals surface area contributed by atoms with Gasteiger partial charge in [0.05, 0.1) is 5.69 Å². The van der Waals surface area contributed by atoms with E-state index < -0.39 is 0 Å². The summed E-state index contributed by atoms with van der Waals surface area (Å²) in [6.07, 6.45) is 22.9. The molecule has 0 saturated carbocycles. The number of allylic oxidation sites excluding steroid dienone is 5. The van der Waals surface area contributed by atoms with Gasteiger partial charge in [-0.15, -0.1) is 0 Å². The van der Waals surface area contributed by atoms with Crippen molar-refractivity contribution in [3.8, 4) is 11.1 Å². The molecule has 1 nitrogen and oxygen atoms in total. The third kappa shape index (κ3) is 5.81. The van der Waals surface area contributed by atoms with E-state index in [1.54, 1.807) is 0 Å². The molecule has 3 aliphatic carbocycles. The van der Waals surface area contributed by atoms with Crippen LogP contribution in [0.2, 0.25) is 0 Å². The summed E-state index contributed by atoms with van der Waals surface area (Å²) in [5.74, 6) is 0.122. The quantitative estimate of drug-likeness (QED) is 0.150. The highest BCUT2D eigenvalue weighted by Gasteiger charge is 2.26. The molecule has 0 amide bonds. The maximum Gasteiger partial charge on any atom is 0.0577 e. The second kappa shape index (κ2) is 14.0. The summed E-state index contributed by atoms with van der Waals surface area (Å²) in [7, 11) is 0. The molecule has 0 fully saturated rings. The van der Waals surface area contributed by atoms with Gasteiger partial charge < -0.3 is 4.90 Å². The van der Waals surface area contributed by atoms with E-state index in [0.29, 0.717) is 0 Å². The summed E-state index contributed by atoms with van der Waals surface area (Å²) in [4.78, 5) is 2.52. The van der Waals surface area contributed by atoms with Gasteiger partial charge in [0.15, 0.2) is 0 Å². The van der Waals surface area contributed by atoms with Crippen molar-refractivity contribution >= 4 is 45.1 Å². The van der Waals surface area contributed by atoms with Crippen LogP contribution in [0.3, 0.4) is 0 Å². The summed E-state index contributed by atoms with van der Waals surface area (Å²) in [5.41, 5.74) is 15.9. The molecular formula is C53H43N. The molecule has 10 rings (SSSR count). The highest BCUT2D eigenvalue weighted by Crippen LogP contribution is 2.45. The van der Waals surface area contributed by atoms with E-state index >= 15 is 0 Å². The predicted octanol–water partition coefficient (Wildman–Crippen LogP) is 14.1. The van der Waals surface area contributed by atoms with Crippen molar-refractivity contribution < 1.29 is 0 Å². The first-order valence-electron chi connectivity index (χ1n) is 19.6. The van der Waals surface area contributed by atoms with E-state index in [4.69, 9.17) is 0 Å². The zero-order chi connectivity index (χ0) is 35.8. The fraction of sp³-hybridized carbons (Fsp3) is 0.132. The lowest BCUT2D eigenvalue weighted by Crippen LogP contribution is -2.19. The van der Waals surface area contributed by atoms with Gasteiger partial charge in [0.2, 0.25) is 0 Å². The third-order valence-corrected chi connectivity index (χ3v) is 11.7. The molecule has 0 bridgehead atoms. The molecule has 7 aromatic carbocycles. The van der Waals surface area contributed by atoms with Crippen molar-refractivity contribution in [3.63, 3.8) is 0 Å². The summed E-state index contributed by atoms with van der Waals surface area (Å²) >= 11 is 0. The Balaban J connectivity index is 1.05. The minimum absolute atomic E-state index is 0.122. The number of rotatable bonds is 7. The normalized spacial score (nSPS) is 15.1. The molecule has 1 atom stereocenters. The average Bonchev–Trinajstić information content (AvgIpc) is 3.24. The van der Waals surface area contributed by atoms with Crippen molar-refractivity contribution in [2.75, 3.05) is 4.90 Å². The topological polar surface area (TPSA) is 3.24 Å². The second-order valence-electron chi connectivity index (χ2n) is 14.9. The van der Waals surface area contributed by atoms with Crippen LogP contribution < -0.4 is 4.90 Å². The minimum Gasteiger partial charge on any atom is -0.310 e. The average molecular weight is 694 g/mol. The van der Waals surface area contributed by atoms with Crippen molar-refractivity contribution in [2.24, 2.45) is 0 Å². The third-order valence-electron chi connectivity index (χ3n) is 11.7. The number of benzene rings is 7. The molecule has 0 saturated heterocycles. The molecule has 3 aliphatic rings. The van der Waals surface area contributed by atoms with Crippen LogP contribution in [0.1, 0.15) is 70.5 Å². The largest absolute Gasteiger partial charge is 0.310 e. The molecule has 0 aliphatic heterocycles. The Morgan fingerprint density at radius 2 is 1.15 bits per heavy atom. The van der Waals surface area contributed by atoms with E-state index in [-0.39, 0.29) is 5.92 Å². The Morgan fingerprint density at radius 1 is 0.500 bits per heavy atom. The molecule has 1 heteroatoms. The first-order valence-corrected chi connectivity index (χ1v) is 19.6. The molecule has 0 N–H and O–H groups in total. The van der Waals surface area contributed by atoms with Crippen LogP contribution in [-0.2, 0) is 12.8 Å². The molecule has 0 heterocycles. The number of hydrogen-bond acceptors (Lipinski definition) is 1. The fourth-order valence-electron chi connectivity index (χ4n) is 9.12. The van der Waals surface area contributed by atoms with E-state index in [2.05, 4.69) is 187 Å². The lowest BCUT2D eigenvalue weighted by atomic mass is 9.77. The Hall–Kier alpha value is -6.18. The fourth-order valence-corrected chi connectivity index (χ4v) is 9.12. The molecule has 0 spiro atoms. The van der Waals surface area contributed by atoms with Crippen LogP contribution in [0.25, 0.3) is 44.8 Å². The molecule has 7 aromatic rings. The van der Waals surface area contributed by atoms with Crippen LogP contribution in [0.15, 0.2) is 176 Å². The Morgan fingerprint density at radius 3 is 1.93 bits per heavy atom. The minimum atomic E-state index is 0.122. The first-order chi connectivity index (χ1) is 26.8. The standard InChI is InChI=1S/C53H43N/c1-3-15-39(16-4-1)51(52-47-23-11-7-17-41(47)35-42-18-8-12-24-48(42)52)40-29-27-37(28-30-40)38-31-33-46(34-32-38)54(45-21-5-2-6-22-45)53-49-25-13-9-19-43(49)36-44-20-10-14-26-50(44)53/h1,3-5,7,9-13,15-17,19-25,27-36,51H,2,6,8,14,18,26H2. The summed E-state index contributed by atoms with van der Waals surface area (Å²) in [5, 5.41) is 5.26. The Bertz CT molecular complexity index is 2630. The second-order valence-corrected chi connectivity index (χ2v) is 14.9. The van der Waals surface area contributed by atoms with E-state index in [1.165, 1.54) is 88.7 Å². The SMILES string of the molecule is C1=CC(N(c2ccc(-c3ccc(C(c4ccccc4)c4c5c(cc6ccccc46)CCC=C5)cc3)cc2)c2c3c(cc4ccccc24)C=CCC3)=CCC1. The number of hydrogen-bond donors (Lipinski definition) is 0. The highest BCUT2D eigenvalue weighted by atomic mass is 15.2. The number of fused-ring (bicyclic) bond motifs is 4. The van der Waals surface area contributed by atoms with Gasteiger partial charge in [-0.1, -0.05) is 158 Å². The molecule has 1 unspecified atom stereocenters. The number of aryl methyl sites for hydroxylation is 1. The monoisotopic (exact) mass is 693 g/mol. The van der Waals surface area contributed by atoms with Gasteiger partial charge in [-0.3, -0.25) is 0 Å². The van der Waals surface area contributed by atoms with Crippen molar-refractivity contribution in [1.82, 2.24) is 0 Å². The van der Waals surface area contributed by atoms with Gasteiger partial charge in [-0.2, -0.15) is 0 Å². The number of anilines is 2. The van der Waals surface area contributed by atoms with Gasteiger partial charge in [0, 0.05) is 22.7 Å². The molecule has 260 valence electrons. The van der Waals surface area contributed by atoms with Gasteiger partial charge in [-0.05, 0) is 129 Å². The summed E-state index contributed by atoms with van der Waals surface area (Å²) in [6, 6.07) is 52.3. The van der Waals surface area contributed by atoms with Crippen molar-refractivity contribution in [2.45, 2.75) is 44.4 Å². The Labute approximate surface area is 318 Å². The van der Waals surface area contributed by atoms with Crippen LogP contribution in [0, 0.1) is 0 Å². The number of nitrogens with zero attached hydrogens (tertiary/aromatic N) is 1. The van der Waals surface area contributed by atoms with Crippen LogP contribution in [0.4, 0.5) is 11.4 Å². The van der Waals surface area contributed by atoms with Gasteiger partial charge in [0.25, 0.3) is 0 Å². The van der Waals surface area contributed by atoms with Crippen LogP contribution in [-0.4, -0.2) is 0 Å². The smallest absolute Gasteiger partial charge is 0.0577 e. The maximum atomic E-state index is 2.52. The van der Waals surface area contributed by atoms with Gasteiger partial charge in [0.1, 0.15) is 0 Å². The molecule has 54 heavy (non-hydrogen) atoms. The lowest BCUT2D eigenvalue weighted by Gasteiger charge is -2.32. The highest BCUT2D eigenvalue weighted by molar-refractivity contribution is 6.02. The zero-order valence-corrected chi connectivity index (χ0v) is 30.6. The predicted molar refractivity (Wildman–Crippen MR) is 230 cm³/mol. The van der Waals surface area contributed by atoms with Crippen molar-refractivity contribution in [3.05, 3.63) is 215 Å². The van der Waals surface area contributed by atoms with Crippen molar-refractivity contribution in [1.29, 1.82) is 0 Å². The van der Waals surface area contributed by atoms with E-state index in [1.807, 2.05) is 0 Å². The first kappa shape index (κ1) is 32.5. The lowest BCUT2D eigenvalue weighted by molar-refractivity contribution is 0.945. The van der Waals surface area contributed by atoms with E-state index in [0.717, 1.165) is 38.5 Å². The molecule has 0 aromatic heterocycles. The Kier molecular flexibility index (Phi) is 8.41. The van der Waals surface area contributed by atoms with E-state index in [9.17, 15) is 0 Å².